The summed E-state index contributed by atoms with van der Waals surface area (Å²) in [5.74, 6) is 0. The molecule has 1 unspecified atom stereocenters. The first kappa shape index (κ1) is 13.1. The predicted octanol–water partition coefficient (Wildman–Crippen LogP) is 1.63. The zero-order chi connectivity index (χ0) is 13.5. The van der Waals surface area contributed by atoms with Crippen LogP contribution in [0.25, 0.3) is 0 Å². The SMILES string of the molecule is CS(=O)(=O)NC1c2ccccc2CC12CCOCC2. The van der Waals surface area contributed by atoms with Crippen molar-refractivity contribution in [1.82, 2.24) is 4.72 Å². The zero-order valence-electron chi connectivity index (χ0n) is 11.1. The zero-order valence-corrected chi connectivity index (χ0v) is 11.9. The second-order valence-electron chi connectivity index (χ2n) is 5.67. The van der Waals surface area contributed by atoms with Crippen molar-refractivity contribution in [2.75, 3.05) is 19.5 Å². The third kappa shape index (κ3) is 2.42. The lowest BCUT2D eigenvalue weighted by atomic mass is 9.75. The molecule has 1 aliphatic carbocycles. The van der Waals surface area contributed by atoms with Crippen LogP contribution >= 0.6 is 0 Å². The van der Waals surface area contributed by atoms with E-state index in [0.29, 0.717) is 0 Å². The molecular formula is C14H19NO3S. The Morgan fingerprint density at radius 2 is 1.95 bits per heavy atom. The van der Waals surface area contributed by atoms with E-state index in [2.05, 4.69) is 10.8 Å². The molecule has 0 amide bonds. The number of hydrogen-bond donors (Lipinski definition) is 1. The smallest absolute Gasteiger partial charge is 0.209 e. The van der Waals surface area contributed by atoms with Crippen molar-refractivity contribution < 1.29 is 13.2 Å². The highest BCUT2D eigenvalue weighted by molar-refractivity contribution is 7.88. The van der Waals surface area contributed by atoms with Gasteiger partial charge in [0.2, 0.25) is 10.0 Å². The van der Waals surface area contributed by atoms with E-state index in [1.54, 1.807) is 0 Å². The van der Waals surface area contributed by atoms with Gasteiger partial charge in [0.25, 0.3) is 0 Å². The van der Waals surface area contributed by atoms with Crippen molar-refractivity contribution in [3.05, 3.63) is 35.4 Å². The summed E-state index contributed by atoms with van der Waals surface area (Å²) in [4.78, 5) is 0. The molecule has 3 rings (SSSR count). The van der Waals surface area contributed by atoms with Crippen LogP contribution in [0.15, 0.2) is 24.3 Å². The van der Waals surface area contributed by atoms with Gasteiger partial charge < -0.3 is 4.74 Å². The van der Waals surface area contributed by atoms with E-state index in [9.17, 15) is 8.42 Å². The molecule has 1 aromatic carbocycles. The number of fused-ring (bicyclic) bond motifs is 1. The fraction of sp³-hybridized carbons (Fsp3) is 0.571. The van der Waals surface area contributed by atoms with Gasteiger partial charge in [-0.05, 0) is 35.8 Å². The molecule has 2 aliphatic rings. The number of nitrogens with one attached hydrogen (secondary N) is 1. The summed E-state index contributed by atoms with van der Waals surface area (Å²) in [7, 11) is -3.22. The number of ether oxygens (including phenoxy) is 1. The van der Waals surface area contributed by atoms with E-state index in [1.165, 1.54) is 11.8 Å². The van der Waals surface area contributed by atoms with E-state index >= 15 is 0 Å². The van der Waals surface area contributed by atoms with Crippen LogP contribution in [-0.4, -0.2) is 27.9 Å². The van der Waals surface area contributed by atoms with Crippen LogP contribution in [0.1, 0.15) is 30.0 Å². The fourth-order valence-electron chi connectivity index (χ4n) is 3.43. The highest BCUT2D eigenvalue weighted by atomic mass is 32.2. The number of benzene rings is 1. The summed E-state index contributed by atoms with van der Waals surface area (Å²) in [6.45, 7) is 1.44. The molecule has 1 aromatic rings. The molecular weight excluding hydrogens is 262 g/mol. The monoisotopic (exact) mass is 281 g/mol. The summed E-state index contributed by atoms with van der Waals surface area (Å²) >= 11 is 0. The molecule has 1 aliphatic heterocycles. The van der Waals surface area contributed by atoms with Crippen LogP contribution < -0.4 is 4.72 Å². The third-order valence-electron chi connectivity index (χ3n) is 4.34. The lowest BCUT2D eigenvalue weighted by Gasteiger charge is -2.39. The van der Waals surface area contributed by atoms with Crippen molar-refractivity contribution in [1.29, 1.82) is 0 Å². The molecule has 0 aromatic heterocycles. The fourth-order valence-corrected chi connectivity index (χ4v) is 4.24. The van der Waals surface area contributed by atoms with Gasteiger partial charge in [-0.2, -0.15) is 0 Å². The van der Waals surface area contributed by atoms with Gasteiger partial charge in [0.05, 0.1) is 12.3 Å². The van der Waals surface area contributed by atoms with Crippen molar-refractivity contribution in [3.8, 4) is 0 Å². The lowest BCUT2D eigenvalue weighted by Crippen LogP contribution is -2.41. The molecule has 104 valence electrons. The van der Waals surface area contributed by atoms with E-state index < -0.39 is 10.0 Å². The van der Waals surface area contributed by atoms with Crippen LogP contribution in [0.2, 0.25) is 0 Å². The van der Waals surface area contributed by atoms with Crippen molar-refractivity contribution >= 4 is 10.0 Å². The van der Waals surface area contributed by atoms with Crippen LogP contribution in [0.4, 0.5) is 0 Å². The van der Waals surface area contributed by atoms with Crippen LogP contribution in [-0.2, 0) is 21.2 Å². The maximum atomic E-state index is 11.7. The van der Waals surface area contributed by atoms with Gasteiger partial charge in [-0.15, -0.1) is 0 Å². The highest BCUT2D eigenvalue weighted by Crippen LogP contribution is 2.51. The second-order valence-corrected chi connectivity index (χ2v) is 7.45. The molecule has 1 heterocycles. The average Bonchev–Trinajstić information content (AvgIpc) is 2.63. The van der Waals surface area contributed by atoms with Gasteiger partial charge in [-0.1, -0.05) is 24.3 Å². The van der Waals surface area contributed by atoms with Crippen molar-refractivity contribution in [2.45, 2.75) is 25.3 Å². The van der Waals surface area contributed by atoms with Crippen molar-refractivity contribution in [3.63, 3.8) is 0 Å². The summed E-state index contributed by atoms with van der Waals surface area (Å²) in [6, 6.07) is 8.05. The lowest BCUT2D eigenvalue weighted by molar-refractivity contribution is 0.00414. The number of hydrogen-bond acceptors (Lipinski definition) is 3. The first-order valence-electron chi connectivity index (χ1n) is 6.63. The highest BCUT2D eigenvalue weighted by Gasteiger charge is 2.47. The molecule has 1 saturated heterocycles. The Morgan fingerprint density at radius 3 is 2.63 bits per heavy atom. The largest absolute Gasteiger partial charge is 0.381 e. The molecule has 1 atom stereocenters. The van der Waals surface area contributed by atoms with Crippen LogP contribution in [0, 0.1) is 5.41 Å². The van der Waals surface area contributed by atoms with E-state index in [0.717, 1.165) is 38.0 Å². The van der Waals surface area contributed by atoms with Gasteiger partial charge in [-0.25, -0.2) is 13.1 Å². The maximum Gasteiger partial charge on any atom is 0.209 e. The summed E-state index contributed by atoms with van der Waals surface area (Å²) in [5, 5.41) is 0. The minimum Gasteiger partial charge on any atom is -0.381 e. The third-order valence-corrected chi connectivity index (χ3v) is 5.01. The molecule has 1 fully saturated rings. The van der Waals surface area contributed by atoms with Gasteiger partial charge >= 0.3 is 0 Å². The Balaban J connectivity index is 2.02. The van der Waals surface area contributed by atoms with Gasteiger partial charge in [0.1, 0.15) is 0 Å². The second kappa shape index (κ2) is 4.58. The molecule has 19 heavy (non-hydrogen) atoms. The van der Waals surface area contributed by atoms with E-state index in [-0.39, 0.29) is 11.5 Å². The normalized spacial score (nSPS) is 25.4. The van der Waals surface area contributed by atoms with Gasteiger partial charge in [0, 0.05) is 13.2 Å². The standard InChI is InChI=1S/C14H19NO3S/c1-19(16,17)15-13-12-5-3-2-4-11(12)10-14(13)6-8-18-9-7-14/h2-5,13,15H,6-10H2,1H3. The Kier molecular flexibility index (Phi) is 3.15. The number of sulfonamides is 1. The first-order valence-corrected chi connectivity index (χ1v) is 8.52. The molecule has 1 N–H and O–H groups in total. The van der Waals surface area contributed by atoms with Crippen LogP contribution in [0.3, 0.4) is 0 Å². The summed E-state index contributed by atoms with van der Waals surface area (Å²) in [5.41, 5.74) is 2.39. The van der Waals surface area contributed by atoms with Crippen molar-refractivity contribution in [2.24, 2.45) is 5.41 Å². The predicted molar refractivity (Wildman–Crippen MR) is 73.4 cm³/mol. The summed E-state index contributed by atoms with van der Waals surface area (Å²) < 4.78 is 31.7. The number of rotatable bonds is 2. The van der Waals surface area contributed by atoms with Crippen LogP contribution in [0.5, 0.6) is 0 Å². The molecule has 0 radical (unpaired) electrons. The minimum atomic E-state index is -3.22. The maximum absolute atomic E-state index is 11.7. The van der Waals surface area contributed by atoms with Gasteiger partial charge in [-0.3, -0.25) is 0 Å². The Labute approximate surface area is 114 Å². The topological polar surface area (TPSA) is 55.4 Å². The van der Waals surface area contributed by atoms with E-state index in [4.69, 9.17) is 4.74 Å². The molecule has 1 spiro atoms. The van der Waals surface area contributed by atoms with Gasteiger partial charge in [0.15, 0.2) is 0 Å². The average molecular weight is 281 g/mol. The Hall–Kier alpha value is -0.910. The molecule has 4 nitrogen and oxygen atoms in total. The Bertz CT molecular complexity index is 576. The first-order chi connectivity index (χ1) is 9.00. The quantitative estimate of drug-likeness (QED) is 0.896. The molecule has 5 heteroatoms. The van der Waals surface area contributed by atoms with E-state index in [1.807, 2.05) is 18.2 Å². The Morgan fingerprint density at radius 1 is 1.26 bits per heavy atom. The summed E-state index contributed by atoms with van der Waals surface area (Å²) in [6.07, 6.45) is 4.00. The molecule has 0 bridgehead atoms. The molecule has 0 saturated carbocycles. The minimum absolute atomic E-state index is 0.00891.